The minimum atomic E-state index is -4.66. The lowest BCUT2D eigenvalue weighted by Crippen LogP contribution is -2.44. The van der Waals surface area contributed by atoms with Gasteiger partial charge in [-0.1, -0.05) is 0 Å². The molecule has 8 nitrogen and oxygen atoms in total. The molecule has 2 saturated heterocycles. The standard InChI is InChI=1S/C25H27F3N6O2S/c1-24(2)22(35)33(17-3-5-20(29)19(14-17)25(26,27)28)23(37)34(24)18-4-6-21-16(13-18)15-32(30-21)8-7-31-9-11-36-12-10-31/h3-6,13-15H,7-12,29H2,1-2H3. The second-order valence-corrected chi connectivity index (χ2v) is 10.0. The Labute approximate surface area is 217 Å². The Balaban J connectivity index is 1.43. The second-order valence-electron chi connectivity index (χ2n) is 9.68. The van der Waals surface area contributed by atoms with Crippen molar-refractivity contribution in [2.45, 2.75) is 32.1 Å². The van der Waals surface area contributed by atoms with Gasteiger partial charge in [-0.15, -0.1) is 0 Å². The average molecular weight is 533 g/mol. The van der Waals surface area contributed by atoms with Crippen molar-refractivity contribution in [1.82, 2.24) is 14.7 Å². The molecule has 37 heavy (non-hydrogen) atoms. The van der Waals surface area contributed by atoms with E-state index in [4.69, 9.17) is 22.7 Å². The fraction of sp³-hybridized carbons (Fsp3) is 0.400. The third-order valence-corrected chi connectivity index (χ3v) is 7.18. The molecule has 0 spiro atoms. The highest BCUT2D eigenvalue weighted by atomic mass is 32.1. The summed E-state index contributed by atoms with van der Waals surface area (Å²) in [6, 6.07) is 8.93. The number of thiocarbonyl (C=S) groups is 1. The van der Waals surface area contributed by atoms with Gasteiger partial charge in [0.1, 0.15) is 5.54 Å². The Morgan fingerprint density at radius 1 is 1.08 bits per heavy atom. The Bertz CT molecular complexity index is 1370. The number of rotatable bonds is 5. The molecule has 196 valence electrons. The van der Waals surface area contributed by atoms with Crippen molar-refractivity contribution < 1.29 is 22.7 Å². The topological polar surface area (TPSA) is 79.9 Å². The molecule has 2 aliphatic heterocycles. The van der Waals surface area contributed by atoms with Crippen LogP contribution in [0.3, 0.4) is 0 Å². The quantitative estimate of drug-likeness (QED) is 0.395. The summed E-state index contributed by atoms with van der Waals surface area (Å²) in [7, 11) is 0. The monoisotopic (exact) mass is 532 g/mol. The van der Waals surface area contributed by atoms with Gasteiger partial charge >= 0.3 is 6.18 Å². The fourth-order valence-electron chi connectivity index (χ4n) is 4.77. The van der Waals surface area contributed by atoms with Crippen LogP contribution < -0.4 is 15.5 Å². The maximum Gasteiger partial charge on any atom is 0.418 e. The van der Waals surface area contributed by atoms with Gasteiger partial charge in [0.25, 0.3) is 5.91 Å². The molecule has 3 aromatic rings. The number of alkyl halides is 3. The number of morpholine rings is 1. The van der Waals surface area contributed by atoms with Gasteiger partial charge in [-0.3, -0.25) is 19.3 Å². The van der Waals surface area contributed by atoms with Crippen LogP contribution in [-0.2, 0) is 22.3 Å². The van der Waals surface area contributed by atoms with E-state index in [1.807, 2.05) is 29.1 Å². The highest BCUT2D eigenvalue weighted by Gasteiger charge is 2.50. The van der Waals surface area contributed by atoms with E-state index in [9.17, 15) is 18.0 Å². The van der Waals surface area contributed by atoms with Crippen molar-refractivity contribution >= 4 is 51.2 Å². The zero-order valence-corrected chi connectivity index (χ0v) is 21.3. The molecule has 2 aliphatic rings. The highest BCUT2D eigenvalue weighted by molar-refractivity contribution is 7.81. The molecule has 0 aliphatic carbocycles. The lowest BCUT2D eigenvalue weighted by Gasteiger charge is -2.29. The smallest absolute Gasteiger partial charge is 0.398 e. The van der Waals surface area contributed by atoms with Gasteiger partial charge < -0.3 is 15.4 Å². The van der Waals surface area contributed by atoms with E-state index in [-0.39, 0.29) is 10.8 Å². The zero-order chi connectivity index (χ0) is 26.5. The Morgan fingerprint density at radius 3 is 2.49 bits per heavy atom. The predicted molar refractivity (Wildman–Crippen MR) is 139 cm³/mol. The van der Waals surface area contributed by atoms with Crippen LogP contribution in [0.2, 0.25) is 0 Å². The van der Waals surface area contributed by atoms with Crippen LogP contribution in [-0.4, -0.2) is 64.1 Å². The van der Waals surface area contributed by atoms with Crippen molar-refractivity contribution in [3.05, 3.63) is 48.2 Å². The number of hydrogen-bond donors (Lipinski definition) is 1. The molecule has 1 aromatic heterocycles. The third-order valence-electron chi connectivity index (χ3n) is 6.81. The molecule has 1 amide bonds. The maximum absolute atomic E-state index is 13.5. The number of aromatic nitrogens is 2. The molecule has 2 fully saturated rings. The highest BCUT2D eigenvalue weighted by Crippen LogP contribution is 2.40. The predicted octanol–water partition coefficient (Wildman–Crippen LogP) is 3.89. The van der Waals surface area contributed by atoms with Crippen molar-refractivity contribution in [2.75, 3.05) is 48.4 Å². The van der Waals surface area contributed by atoms with Gasteiger partial charge in [-0.25, -0.2) is 0 Å². The molecule has 2 N–H and O–H groups in total. The molecule has 0 bridgehead atoms. The van der Waals surface area contributed by atoms with Gasteiger partial charge in [-0.2, -0.15) is 18.3 Å². The van der Waals surface area contributed by atoms with E-state index in [0.29, 0.717) is 5.69 Å². The first-order valence-corrected chi connectivity index (χ1v) is 12.3. The molecule has 5 rings (SSSR count). The summed E-state index contributed by atoms with van der Waals surface area (Å²) < 4.78 is 47.7. The molecule has 0 radical (unpaired) electrons. The summed E-state index contributed by atoms with van der Waals surface area (Å²) in [6.45, 7) is 8.24. The molecular formula is C25H27F3N6O2S. The first-order valence-electron chi connectivity index (χ1n) is 11.9. The van der Waals surface area contributed by atoms with Crippen molar-refractivity contribution in [3.8, 4) is 0 Å². The first kappa shape index (κ1) is 25.4. The van der Waals surface area contributed by atoms with E-state index in [1.165, 1.54) is 6.07 Å². The van der Waals surface area contributed by atoms with E-state index in [1.54, 1.807) is 18.7 Å². The fourth-order valence-corrected chi connectivity index (χ4v) is 5.29. The Morgan fingerprint density at radius 2 is 1.78 bits per heavy atom. The number of nitrogens with two attached hydrogens (primary N) is 1. The number of carbonyl (C=O) groups is 1. The summed E-state index contributed by atoms with van der Waals surface area (Å²) in [6.07, 6.45) is -2.72. The summed E-state index contributed by atoms with van der Waals surface area (Å²) in [5.74, 6) is -0.434. The number of fused-ring (bicyclic) bond motifs is 1. The normalized spacial score (nSPS) is 18.8. The number of nitrogen functional groups attached to an aromatic ring is 1. The Kier molecular flexibility index (Phi) is 6.37. The van der Waals surface area contributed by atoms with E-state index in [2.05, 4.69) is 10.00 Å². The number of carbonyl (C=O) groups excluding carboxylic acids is 1. The average Bonchev–Trinajstić information content (AvgIpc) is 3.33. The van der Waals surface area contributed by atoms with Crippen molar-refractivity contribution in [2.24, 2.45) is 0 Å². The summed E-state index contributed by atoms with van der Waals surface area (Å²) in [5, 5.41) is 5.61. The van der Waals surface area contributed by atoms with Crippen molar-refractivity contribution in [3.63, 3.8) is 0 Å². The number of anilines is 3. The van der Waals surface area contributed by atoms with Gasteiger partial charge in [-0.05, 0) is 62.5 Å². The van der Waals surface area contributed by atoms with Crippen molar-refractivity contribution in [1.29, 1.82) is 0 Å². The molecular weight excluding hydrogens is 505 g/mol. The molecule has 3 heterocycles. The van der Waals surface area contributed by atoms with Crippen LogP contribution in [0.1, 0.15) is 19.4 Å². The molecule has 0 saturated carbocycles. The van der Waals surface area contributed by atoms with Gasteiger partial charge in [0.05, 0.1) is 36.5 Å². The van der Waals surface area contributed by atoms with E-state index >= 15 is 0 Å². The number of halogens is 3. The second kappa shape index (κ2) is 9.26. The van der Waals surface area contributed by atoms with Crippen LogP contribution in [0.25, 0.3) is 10.9 Å². The Hall–Kier alpha value is -3.22. The van der Waals surface area contributed by atoms with E-state index < -0.39 is 28.9 Å². The number of hydrogen-bond acceptors (Lipinski definition) is 6. The first-order chi connectivity index (χ1) is 17.5. The summed E-state index contributed by atoms with van der Waals surface area (Å²) in [5.41, 5.74) is 4.46. The third kappa shape index (κ3) is 4.64. The van der Waals surface area contributed by atoms with Crippen LogP contribution in [0.15, 0.2) is 42.6 Å². The molecule has 0 atom stereocenters. The molecule has 2 aromatic carbocycles. The minimum absolute atomic E-state index is 0.0177. The lowest BCUT2D eigenvalue weighted by atomic mass is 10.0. The largest absolute Gasteiger partial charge is 0.418 e. The van der Waals surface area contributed by atoms with Crippen LogP contribution in [0.4, 0.5) is 30.2 Å². The molecule has 12 heteroatoms. The summed E-state index contributed by atoms with van der Waals surface area (Å²) >= 11 is 5.65. The maximum atomic E-state index is 13.5. The lowest BCUT2D eigenvalue weighted by molar-refractivity contribution is -0.137. The number of ether oxygens (including phenoxy) is 1. The zero-order valence-electron chi connectivity index (χ0n) is 20.5. The SMILES string of the molecule is CC1(C)C(=O)N(c2ccc(N)c(C(F)(F)F)c2)C(=S)N1c1ccc2nn(CCN3CCOCC3)cc2c1. The molecule has 0 unspecified atom stereocenters. The van der Waals surface area contributed by atoms with Gasteiger partial charge in [0, 0.05) is 42.6 Å². The van der Waals surface area contributed by atoms with E-state index in [0.717, 1.165) is 67.3 Å². The number of benzene rings is 2. The van der Waals surface area contributed by atoms with Crippen LogP contribution >= 0.6 is 12.2 Å². The van der Waals surface area contributed by atoms with Crippen LogP contribution in [0, 0.1) is 0 Å². The number of amides is 1. The van der Waals surface area contributed by atoms with Crippen LogP contribution in [0.5, 0.6) is 0 Å². The summed E-state index contributed by atoms with van der Waals surface area (Å²) in [4.78, 5) is 18.6. The van der Waals surface area contributed by atoms with Gasteiger partial charge in [0.15, 0.2) is 5.11 Å². The minimum Gasteiger partial charge on any atom is -0.398 e. The van der Waals surface area contributed by atoms with Gasteiger partial charge in [0.2, 0.25) is 0 Å². The number of nitrogens with zero attached hydrogens (tertiary/aromatic N) is 5.